The molecule has 4 rings (SSSR count). The number of carbonyl (C=O) groups excluding carboxylic acids is 1. The lowest BCUT2D eigenvalue weighted by Gasteiger charge is -2.27. The van der Waals surface area contributed by atoms with Gasteiger partial charge in [-0.3, -0.25) is 4.79 Å². The standard InChI is InChI=1S/C28H27F4N5O/c1-20(29)7-5-10-24-11-6-12-26(27(38)36(24)19-28(30,31)32)37-18-25(34-35-37)22-13-15-23(16-14-22)33-17-21-8-3-2-4-9-21/h2-5,7-10,13-16,18,26,33H,1,6,11-12,17,19H2/b7-5-,24-10+. The number of alkyl halides is 3. The molecule has 38 heavy (non-hydrogen) atoms. The Kier molecular flexibility index (Phi) is 8.40. The molecule has 1 aliphatic rings. The van der Waals surface area contributed by atoms with E-state index in [2.05, 4.69) is 22.2 Å². The molecule has 2 aromatic carbocycles. The molecule has 10 heteroatoms. The highest BCUT2D eigenvalue weighted by Crippen LogP contribution is 2.32. The summed E-state index contributed by atoms with van der Waals surface area (Å²) in [5.74, 6) is -1.48. The number of amides is 1. The third-order valence-corrected chi connectivity index (χ3v) is 6.06. The zero-order chi connectivity index (χ0) is 27.1. The van der Waals surface area contributed by atoms with Gasteiger partial charge in [0.1, 0.15) is 24.1 Å². The van der Waals surface area contributed by atoms with Crippen molar-refractivity contribution in [3.63, 3.8) is 0 Å². The molecule has 0 spiro atoms. The highest BCUT2D eigenvalue weighted by atomic mass is 19.4. The van der Waals surface area contributed by atoms with E-state index >= 15 is 0 Å². The van der Waals surface area contributed by atoms with Gasteiger partial charge in [-0.15, -0.1) is 5.10 Å². The lowest BCUT2D eigenvalue weighted by Crippen LogP contribution is -2.41. The number of hydrogen-bond donors (Lipinski definition) is 1. The van der Waals surface area contributed by atoms with Crippen LogP contribution in [0, 0.1) is 0 Å². The van der Waals surface area contributed by atoms with Crippen LogP contribution in [0.3, 0.4) is 0 Å². The van der Waals surface area contributed by atoms with Crippen molar-refractivity contribution in [2.75, 3.05) is 11.9 Å². The molecule has 1 saturated heterocycles. The van der Waals surface area contributed by atoms with Crippen molar-refractivity contribution in [2.24, 2.45) is 0 Å². The first-order valence-electron chi connectivity index (χ1n) is 12.1. The monoisotopic (exact) mass is 525 g/mol. The summed E-state index contributed by atoms with van der Waals surface area (Å²) in [6, 6.07) is 16.5. The van der Waals surface area contributed by atoms with Crippen molar-refractivity contribution in [3.8, 4) is 11.3 Å². The molecule has 198 valence electrons. The first-order valence-corrected chi connectivity index (χ1v) is 12.1. The number of aromatic nitrogens is 3. The van der Waals surface area contributed by atoms with Crippen molar-refractivity contribution >= 4 is 11.6 Å². The van der Waals surface area contributed by atoms with Crippen molar-refractivity contribution < 1.29 is 22.4 Å². The van der Waals surface area contributed by atoms with E-state index in [1.807, 2.05) is 54.6 Å². The molecule has 0 radical (unpaired) electrons. The SMILES string of the molecule is C=C(F)/C=C\C=C1/CCCC(n2cc(-c3ccc(NCc4ccccc4)cc3)nn2)C(=O)N1CC(F)(F)F. The molecule has 2 heterocycles. The van der Waals surface area contributed by atoms with Gasteiger partial charge in [-0.1, -0.05) is 60.3 Å². The first-order chi connectivity index (χ1) is 18.2. The minimum Gasteiger partial charge on any atom is -0.381 e. The number of likely N-dealkylation sites (tertiary alicyclic amines) is 1. The number of nitrogens with zero attached hydrogens (tertiary/aromatic N) is 4. The Bertz CT molecular complexity index is 1310. The van der Waals surface area contributed by atoms with E-state index < -0.39 is 30.5 Å². The summed E-state index contributed by atoms with van der Waals surface area (Å²) in [6.45, 7) is 2.31. The number of allylic oxidation sites excluding steroid dienone is 5. The molecule has 1 N–H and O–H groups in total. The van der Waals surface area contributed by atoms with Crippen molar-refractivity contribution in [2.45, 2.75) is 38.0 Å². The molecule has 3 aromatic rings. The number of hydrogen-bond acceptors (Lipinski definition) is 4. The van der Waals surface area contributed by atoms with Gasteiger partial charge in [0.15, 0.2) is 0 Å². The number of carbonyl (C=O) groups is 1. The fourth-order valence-corrected chi connectivity index (χ4v) is 4.22. The zero-order valence-corrected chi connectivity index (χ0v) is 20.5. The van der Waals surface area contributed by atoms with Crippen LogP contribution in [0.15, 0.2) is 97.1 Å². The van der Waals surface area contributed by atoms with E-state index in [0.29, 0.717) is 23.6 Å². The molecule has 1 unspecified atom stereocenters. The highest BCUT2D eigenvalue weighted by molar-refractivity contribution is 5.82. The van der Waals surface area contributed by atoms with E-state index in [4.69, 9.17) is 0 Å². The predicted octanol–water partition coefficient (Wildman–Crippen LogP) is 6.60. The molecular formula is C28H27F4N5O. The normalized spacial score (nSPS) is 17.7. The summed E-state index contributed by atoms with van der Waals surface area (Å²) >= 11 is 0. The summed E-state index contributed by atoms with van der Waals surface area (Å²) in [7, 11) is 0. The first kappa shape index (κ1) is 26.8. The van der Waals surface area contributed by atoms with Crippen LogP contribution in [-0.4, -0.2) is 38.5 Å². The summed E-state index contributed by atoms with van der Waals surface area (Å²) in [6.07, 6.45) is 1.51. The largest absolute Gasteiger partial charge is 0.406 e. The van der Waals surface area contributed by atoms with E-state index in [9.17, 15) is 22.4 Å². The van der Waals surface area contributed by atoms with Gasteiger partial charge >= 0.3 is 6.18 Å². The van der Waals surface area contributed by atoms with E-state index in [-0.39, 0.29) is 18.5 Å². The van der Waals surface area contributed by atoms with Crippen LogP contribution in [0.4, 0.5) is 23.2 Å². The molecule has 0 bridgehead atoms. The number of nitrogens with one attached hydrogen (secondary N) is 1. The van der Waals surface area contributed by atoms with Crippen molar-refractivity contribution in [3.05, 3.63) is 103 Å². The summed E-state index contributed by atoms with van der Waals surface area (Å²) < 4.78 is 54.3. The lowest BCUT2D eigenvalue weighted by atomic mass is 10.1. The maximum Gasteiger partial charge on any atom is 0.406 e. The minimum absolute atomic E-state index is 0.159. The smallest absolute Gasteiger partial charge is 0.381 e. The van der Waals surface area contributed by atoms with Crippen LogP contribution in [0.25, 0.3) is 11.3 Å². The maximum absolute atomic E-state index is 13.4. The number of rotatable bonds is 8. The van der Waals surface area contributed by atoms with Crippen LogP contribution in [-0.2, 0) is 11.3 Å². The Morgan fingerprint density at radius 1 is 1.13 bits per heavy atom. The second-order valence-electron chi connectivity index (χ2n) is 8.91. The van der Waals surface area contributed by atoms with Crippen LogP contribution in [0.5, 0.6) is 0 Å². The van der Waals surface area contributed by atoms with Crippen LogP contribution in [0.2, 0.25) is 0 Å². The Balaban J connectivity index is 1.50. The highest BCUT2D eigenvalue weighted by Gasteiger charge is 2.39. The molecule has 1 aromatic heterocycles. The van der Waals surface area contributed by atoms with Gasteiger partial charge in [0.25, 0.3) is 5.91 Å². The molecule has 1 aliphatic heterocycles. The fraction of sp³-hybridized carbons (Fsp3) is 0.250. The molecule has 6 nitrogen and oxygen atoms in total. The quantitative estimate of drug-likeness (QED) is 0.266. The van der Waals surface area contributed by atoms with E-state index in [1.165, 1.54) is 16.8 Å². The molecule has 0 saturated carbocycles. The predicted molar refractivity (Wildman–Crippen MR) is 137 cm³/mol. The molecule has 1 fully saturated rings. The second kappa shape index (κ2) is 11.9. The van der Waals surface area contributed by atoms with Crippen LogP contribution in [0.1, 0.15) is 30.9 Å². The van der Waals surface area contributed by atoms with Gasteiger partial charge < -0.3 is 10.2 Å². The number of benzene rings is 2. The van der Waals surface area contributed by atoms with Gasteiger partial charge in [0, 0.05) is 23.5 Å². The second-order valence-corrected chi connectivity index (χ2v) is 8.91. The van der Waals surface area contributed by atoms with Crippen LogP contribution < -0.4 is 5.32 Å². The lowest BCUT2D eigenvalue weighted by molar-refractivity contribution is -0.159. The molecule has 1 atom stereocenters. The summed E-state index contributed by atoms with van der Waals surface area (Å²) in [5, 5.41) is 11.6. The Morgan fingerprint density at radius 3 is 2.55 bits per heavy atom. The molecule has 0 aliphatic carbocycles. The zero-order valence-electron chi connectivity index (χ0n) is 20.5. The van der Waals surface area contributed by atoms with Gasteiger partial charge in [-0.25, -0.2) is 9.07 Å². The average molecular weight is 526 g/mol. The van der Waals surface area contributed by atoms with Crippen molar-refractivity contribution in [1.82, 2.24) is 19.9 Å². The van der Waals surface area contributed by atoms with Crippen molar-refractivity contribution in [1.29, 1.82) is 0 Å². The number of anilines is 1. The molecule has 1 amide bonds. The van der Waals surface area contributed by atoms with Gasteiger partial charge in [0.2, 0.25) is 0 Å². The minimum atomic E-state index is -4.61. The maximum atomic E-state index is 13.4. The topological polar surface area (TPSA) is 63.1 Å². The summed E-state index contributed by atoms with van der Waals surface area (Å²) in [5.41, 5.74) is 3.47. The van der Waals surface area contributed by atoms with E-state index in [1.54, 1.807) is 6.20 Å². The summed E-state index contributed by atoms with van der Waals surface area (Å²) in [4.78, 5) is 14.0. The fourth-order valence-electron chi connectivity index (χ4n) is 4.22. The third kappa shape index (κ3) is 7.18. The average Bonchev–Trinajstić information content (AvgIpc) is 3.32. The Hall–Kier alpha value is -4.21. The Labute approximate surface area is 218 Å². The van der Waals surface area contributed by atoms with E-state index in [0.717, 1.165) is 22.9 Å². The third-order valence-electron chi connectivity index (χ3n) is 6.06. The van der Waals surface area contributed by atoms with Gasteiger partial charge in [0.05, 0.1) is 6.20 Å². The van der Waals surface area contributed by atoms with Gasteiger partial charge in [-0.2, -0.15) is 13.2 Å². The molecular weight excluding hydrogens is 498 g/mol. The van der Waals surface area contributed by atoms with Crippen LogP contribution >= 0.6 is 0 Å². The Morgan fingerprint density at radius 2 is 1.87 bits per heavy atom. The number of halogens is 4. The van der Waals surface area contributed by atoms with Gasteiger partial charge in [-0.05, 0) is 49.1 Å².